The summed E-state index contributed by atoms with van der Waals surface area (Å²) in [6, 6.07) is 11.1. The molecule has 2 aromatic heterocycles. The third kappa shape index (κ3) is 6.49. The number of nitrogens with zero attached hydrogens (tertiary/aromatic N) is 2. The number of hydrogen-bond acceptors (Lipinski definition) is 8. The molecular formula is C24H23F3N6O5S. The molecule has 0 radical (unpaired) electrons. The van der Waals surface area contributed by atoms with Crippen LogP contribution in [0.15, 0.2) is 53.1 Å². The predicted octanol–water partition coefficient (Wildman–Crippen LogP) is 4.19. The molecule has 15 heteroatoms. The molecule has 206 valence electrons. The van der Waals surface area contributed by atoms with Crippen LogP contribution in [0.2, 0.25) is 0 Å². The van der Waals surface area contributed by atoms with Gasteiger partial charge in [-0.15, -0.1) is 0 Å². The smallest absolute Gasteiger partial charge is 0.355 e. The fourth-order valence-electron chi connectivity index (χ4n) is 3.55. The molecule has 0 bridgehead atoms. The number of ether oxygens (including phenoxy) is 1. The van der Waals surface area contributed by atoms with Crippen LogP contribution in [0.5, 0.6) is 5.75 Å². The van der Waals surface area contributed by atoms with Gasteiger partial charge in [-0.1, -0.05) is 30.3 Å². The lowest BCUT2D eigenvalue weighted by molar-refractivity contribution is 0.100. The zero-order valence-electron chi connectivity index (χ0n) is 20.4. The molecule has 5 N–H and O–H groups in total. The number of amides is 1. The number of benzene rings is 2. The molecule has 4 aromatic rings. The number of anilines is 3. The maximum absolute atomic E-state index is 13.2. The number of halogens is 3. The quantitative estimate of drug-likeness (QED) is 0.199. The summed E-state index contributed by atoms with van der Waals surface area (Å²) in [5, 5.41) is 13.5. The molecule has 0 aliphatic heterocycles. The van der Waals surface area contributed by atoms with Gasteiger partial charge in [0.15, 0.2) is 5.82 Å². The number of alkyl halides is 2. The topological polar surface area (TPSA) is 165 Å². The largest absolute Gasteiger partial charge is 0.491 e. The molecular weight excluding hydrogens is 541 g/mol. The minimum Gasteiger partial charge on any atom is -0.491 e. The molecule has 4 rings (SSSR count). The number of H-pyrrole nitrogens is 1. The highest BCUT2D eigenvalue weighted by Gasteiger charge is 2.26. The molecule has 0 aliphatic rings. The number of nitrogens with two attached hydrogens (primary N) is 1. The van der Waals surface area contributed by atoms with E-state index < -0.39 is 27.5 Å². The van der Waals surface area contributed by atoms with Crippen LogP contribution in [0.4, 0.5) is 30.5 Å². The molecule has 1 amide bonds. The number of rotatable bonds is 12. The first-order valence-electron chi connectivity index (χ1n) is 11.5. The first-order chi connectivity index (χ1) is 18.6. The van der Waals surface area contributed by atoms with Crippen LogP contribution >= 0.6 is 0 Å². The van der Waals surface area contributed by atoms with Gasteiger partial charge in [0.1, 0.15) is 34.4 Å². The van der Waals surface area contributed by atoms with E-state index in [1.807, 2.05) is 6.92 Å². The molecule has 39 heavy (non-hydrogen) atoms. The van der Waals surface area contributed by atoms with Crippen LogP contribution in [-0.2, 0) is 22.9 Å². The molecule has 0 aliphatic carbocycles. The Labute approximate surface area is 220 Å². The van der Waals surface area contributed by atoms with Crippen molar-refractivity contribution in [2.75, 3.05) is 16.6 Å². The van der Waals surface area contributed by atoms with E-state index in [1.54, 1.807) is 22.9 Å². The minimum atomic E-state index is -5.01. The second-order valence-electron chi connectivity index (χ2n) is 8.19. The number of nitrogens with one attached hydrogen (secondary N) is 3. The molecule has 2 heterocycles. The highest BCUT2D eigenvalue weighted by molar-refractivity contribution is 7.93. The SMILES string of the molecule is CCc1cc(Nc2[nH]nc(-c3ccc(NS(=O)(=O)C(F)F)c(OCCc4ccc(F)cc4)c3)c2C(N)=O)no1. The second kappa shape index (κ2) is 11.5. The van der Waals surface area contributed by atoms with Crippen molar-refractivity contribution in [3.05, 3.63) is 71.2 Å². The molecule has 2 aromatic carbocycles. The van der Waals surface area contributed by atoms with Crippen molar-refractivity contribution >= 4 is 33.3 Å². The second-order valence-corrected chi connectivity index (χ2v) is 9.84. The van der Waals surface area contributed by atoms with Gasteiger partial charge in [0.25, 0.3) is 15.9 Å². The highest BCUT2D eigenvalue weighted by Crippen LogP contribution is 2.35. The average molecular weight is 565 g/mol. The Morgan fingerprint density at radius 3 is 2.56 bits per heavy atom. The molecule has 0 saturated heterocycles. The maximum atomic E-state index is 13.2. The number of aryl methyl sites for hydroxylation is 1. The van der Waals surface area contributed by atoms with E-state index in [9.17, 15) is 26.4 Å². The Bertz CT molecular complexity index is 1570. The van der Waals surface area contributed by atoms with Gasteiger partial charge in [-0.3, -0.25) is 14.6 Å². The van der Waals surface area contributed by atoms with Crippen molar-refractivity contribution in [3.63, 3.8) is 0 Å². The zero-order valence-corrected chi connectivity index (χ0v) is 21.2. The highest BCUT2D eigenvalue weighted by atomic mass is 32.2. The number of carbonyl (C=O) groups is 1. The van der Waals surface area contributed by atoms with Gasteiger partial charge in [0.2, 0.25) is 0 Å². The lowest BCUT2D eigenvalue weighted by atomic mass is 10.1. The van der Waals surface area contributed by atoms with Crippen LogP contribution in [-0.4, -0.2) is 42.0 Å². The first kappa shape index (κ1) is 27.5. The van der Waals surface area contributed by atoms with Gasteiger partial charge < -0.3 is 20.3 Å². The van der Waals surface area contributed by atoms with Gasteiger partial charge in [-0.05, 0) is 29.8 Å². The van der Waals surface area contributed by atoms with Gasteiger partial charge in [-0.25, -0.2) is 12.8 Å². The first-order valence-corrected chi connectivity index (χ1v) is 13.0. The van der Waals surface area contributed by atoms with Crippen LogP contribution in [0.3, 0.4) is 0 Å². The Morgan fingerprint density at radius 1 is 1.18 bits per heavy atom. The lowest BCUT2D eigenvalue weighted by Gasteiger charge is -2.15. The fourth-order valence-corrected chi connectivity index (χ4v) is 4.11. The Kier molecular flexibility index (Phi) is 8.09. The summed E-state index contributed by atoms with van der Waals surface area (Å²) in [4.78, 5) is 12.3. The summed E-state index contributed by atoms with van der Waals surface area (Å²) >= 11 is 0. The summed E-state index contributed by atoms with van der Waals surface area (Å²) in [5.74, 6) is -4.04. The summed E-state index contributed by atoms with van der Waals surface area (Å²) in [5.41, 5.74) is 6.36. The van der Waals surface area contributed by atoms with E-state index in [0.29, 0.717) is 24.4 Å². The molecule has 0 saturated carbocycles. The van der Waals surface area contributed by atoms with E-state index in [2.05, 4.69) is 20.7 Å². The number of primary amides is 1. The van der Waals surface area contributed by atoms with Gasteiger partial charge in [0.05, 0.1) is 12.3 Å². The average Bonchev–Trinajstić information content (AvgIpc) is 3.53. The Hall–Kier alpha value is -4.53. The third-order valence-corrected chi connectivity index (χ3v) is 6.45. The summed E-state index contributed by atoms with van der Waals surface area (Å²) in [7, 11) is -5.01. The van der Waals surface area contributed by atoms with Crippen molar-refractivity contribution < 1.29 is 35.6 Å². The van der Waals surface area contributed by atoms with Crippen molar-refractivity contribution in [1.29, 1.82) is 0 Å². The van der Waals surface area contributed by atoms with E-state index in [4.69, 9.17) is 15.0 Å². The minimum absolute atomic E-state index is 0.0134. The number of hydrogen-bond donors (Lipinski definition) is 4. The fraction of sp³-hybridized carbons (Fsp3) is 0.208. The number of aromatic nitrogens is 3. The third-order valence-electron chi connectivity index (χ3n) is 5.48. The monoisotopic (exact) mass is 564 g/mol. The van der Waals surface area contributed by atoms with Crippen LogP contribution in [0.25, 0.3) is 11.3 Å². The van der Waals surface area contributed by atoms with Crippen molar-refractivity contribution in [2.24, 2.45) is 5.73 Å². The molecule has 0 unspecified atom stereocenters. The molecule has 11 nitrogen and oxygen atoms in total. The predicted molar refractivity (Wildman–Crippen MR) is 136 cm³/mol. The van der Waals surface area contributed by atoms with E-state index in [-0.39, 0.29) is 40.7 Å². The molecule has 0 atom stereocenters. The number of aromatic amines is 1. The zero-order chi connectivity index (χ0) is 28.2. The summed E-state index contributed by atoms with van der Waals surface area (Å²) in [6.07, 6.45) is 0.892. The van der Waals surface area contributed by atoms with E-state index in [1.165, 1.54) is 30.3 Å². The number of sulfonamides is 1. The van der Waals surface area contributed by atoms with E-state index in [0.717, 1.165) is 5.56 Å². The van der Waals surface area contributed by atoms with Crippen molar-refractivity contribution in [1.82, 2.24) is 15.4 Å². The van der Waals surface area contributed by atoms with E-state index >= 15 is 0 Å². The lowest BCUT2D eigenvalue weighted by Crippen LogP contribution is -2.21. The standard InChI is InChI=1S/C24H23F3N6O5S/c1-2-16-12-19(32-38-16)29-23-20(22(28)34)21(30-31-23)14-5-8-17(33-39(35,36)24(26)27)18(11-14)37-10-9-13-3-6-15(25)7-4-13/h3-8,11-12,24,33H,2,9-10H2,1H3,(H2,28,34)(H2,29,30,31,32). The summed E-state index contributed by atoms with van der Waals surface area (Å²) < 4.78 is 75.5. The van der Waals surface area contributed by atoms with Crippen LogP contribution < -0.4 is 20.5 Å². The summed E-state index contributed by atoms with van der Waals surface area (Å²) in [6.45, 7) is 1.86. The van der Waals surface area contributed by atoms with Gasteiger partial charge in [-0.2, -0.15) is 13.9 Å². The molecule has 0 fully saturated rings. The number of carbonyl (C=O) groups excluding carboxylic acids is 1. The maximum Gasteiger partial charge on any atom is 0.355 e. The Balaban J connectivity index is 1.66. The van der Waals surface area contributed by atoms with Crippen molar-refractivity contribution in [2.45, 2.75) is 25.5 Å². The van der Waals surface area contributed by atoms with Crippen molar-refractivity contribution in [3.8, 4) is 17.0 Å². The normalized spacial score (nSPS) is 11.5. The van der Waals surface area contributed by atoms with Crippen LogP contribution in [0.1, 0.15) is 28.6 Å². The van der Waals surface area contributed by atoms with Gasteiger partial charge >= 0.3 is 5.76 Å². The molecule has 0 spiro atoms. The van der Waals surface area contributed by atoms with Crippen LogP contribution in [0, 0.1) is 5.82 Å². The van der Waals surface area contributed by atoms with Gasteiger partial charge in [0, 0.05) is 24.5 Å². The Morgan fingerprint density at radius 2 is 1.92 bits per heavy atom.